The molecule has 0 spiro atoms. The average Bonchev–Trinajstić information content (AvgIpc) is 2.28. The molecule has 0 saturated heterocycles. The van der Waals surface area contributed by atoms with Crippen molar-refractivity contribution in [2.75, 3.05) is 0 Å². The molecule has 1 rings (SSSR count). The Bertz CT molecular complexity index is 257. The van der Waals surface area contributed by atoms with Crippen molar-refractivity contribution in [2.45, 2.75) is 53.9 Å². The normalized spacial score (nSPS) is 8.44. The van der Waals surface area contributed by atoms with E-state index < -0.39 is 0 Å². The number of aryl methyl sites for hydroxylation is 1. The molecule has 0 bridgehead atoms. The van der Waals surface area contributed by atoms with Gasteiger partial charge in [0.2, 0.25) is 0 Å². The van der Waals surface area contributed by atoms with Gasteiger partial charge >= 0.3 is 0 Å². The standard InChI is InChI=1S/C9H10Cl2.C3H8.C2H6/c1-2-3-7-4-5-8(10)9(11)6-7;1-3-2;1-2/h4-6H,2-3H2,1H3;3H2,1-2H3;1-2H3. The van der Waals surface area contributed by atoms with E-state index in [0.29, 0.717) is 10.0 Å². The highest BCUT2D eigenvalue weighted by Gasteiger charge is 1.97. The number of hydrogen-bond acceptors (Lipinski definition) is 0. The van der Waals surface area contributed by atoms with Gasteiger partial charge in [-0.2, -0.15) is 0 Å². The van der Waals surface area contributed by atoms with E-state index in [1.807, 2.05) is 32.0 Å². The van der Waals surface area contributed by atoms with Crippen LogP contribution in [0, 0.1) is 0 Å². The van der Waals surface area contributed by atoms with Crippen LogP contribution < -0.4 is 0 Å². The fourth-order valence-electron chi connectivity index (χ4n) is 0.984. The molecule has 0 aliphatic carbocycles. The second-order valence-corrected chi connectivity index (χ2v) is 4.02. The Morgan fingerprint density at radius 1 is 0.938 bits per heavy atom. The van der Waals surface area contributed by atoms with Crippen molar-refractivity contribution in [3.8, 4) is 0 Å². The van der Waals surface area contributed by atoms with Crippen molar-refractivity contribution in [1.82, 2.24) is 0 Å². The van der Waals surface area contributed by atoms with E-state index in [9.17, 15) is 0 Å². The number of hydrogen-bond donors (Lipinski definition) is 0. The molecular formula is C14H24Cl2. The van der Waals surface area contributed by atoms with Crippen molar-refractivity contribution in [3.63, 3.8) is 0 Å². The molecule has 0 aliphatic rings. The summed E-state index contributed by atoms with van der Waals surface area (Å²) >= 11 is 11.6. The van der Waals surface area contributed by atoms with Crippen LogP contribution in [-0.4, -0.2) is 0 Å². The molecule has 1 aromatic carbocycles. The minimum atomic E-state index is 0.631. The molecule has 0 aliphatic heterocycles. The van der Waals surface area contributed by atoms with Gasteiger partial charge in [-0.25, -0.2) is 0 Å². The Morgan fingerprint density at radius 3 is 1.81 bits per heavy atom. The second-order valence-electron chi connectivity index (χ2n) is 3.21. The van der Waals surface area contributed by atoms with Gasteiger partial charge in [-0.05, 0) is 24.1 Å². The van der Waals surface area contributed by atoms with E-state index >= 15 is 0 Å². The maximum atomic E-state index is 5.82. The third kappa shape index (κ3) is 9.06. The summed E-state index contributed by atoms with van der Waals surface area (Å²) in [6.07, 6.45) is 3.45. The quantitative estimate of drug-likeness (QED) is 0.580. The summed E-state index contributed by atoms with van der Waals surface area (Å²) in [4.78, 5) is 0. The molecule has 0 fully saturated rings. The van der Waals surface area contributed by atoms with Crippen LogP contribution in [0.15, 0.2) is 18.2 Å². The minimum absolute atomic E-state index is 0.631. The van der Waals surface area contributed by atoms with Gasteiger partial charge < -0.3 is 0 Å². The molecule has 0 radical (unpaired) electrons. The third-order valence-electron chi connectivity index (χ3n) is 1.52. The second kappa shape index (κ2) is 12.9. The zero-order chi connectivity index (χ0) is 13.0. The molecule has 94 valence electrons. The number of rotatable bonds is 2. The summed E-state index contributed by atoms with van der Waals surface area (Å²) in [6, 6.07) is 5.78. The predicted octanol–water partition coefficient (Wildman–Crippen LogP) is 6.39. The van der Waals surface area contributed by atoms with Gasteiger partial charge in [0.15, 0.2) is 0 Å². The van der Waals surface area contributed by atoms with Crippen molar-refractivity contribution in [1.29, 1.82) is 0 Å². The van der Waals surface area contributed by atoms with Crippen LogP contribution in [0.2, 0.25) is 10.0 Å². The largest absolute Gasteiger partial charge is 0.0827 e. The fraction of sp³-hybridized carbons (Fsp3) is 0.571. The molecule has 2 heteroatoms. The minimum Gasteiger partial charge on any atom is -0.0827 e. The maximum absolute atomic E-state index is 5.82. The zero-order valence-corrected chi connectivity index (χ0v) is 12.6. The van der Waals surface area contributed by atoms with Crippen molar-refractivity contribution in [2.24, 2.45) is 0 Å². The highest BCUT2D eigenvalue weighted by molar-refractivity contribution is 6.42. The number of benzene rings is 1. The lowest BCUT2D eigenvalue weighted by Gasteiger charge is -1.99. The van der Waals surface area contributed by atoms with Gasteiger partial charge in [-0.15, -0.1) is 0 Å². The summed E-state index contributed by atoms with van der Waals surface area (Å²) in [6.45, 7) is 10.4. The van der Waals surface area contributed by atoms with Crippen molar-refractivity contribution < 1.29 is 0 Å². The fourth-order valence-corrected chi connectivity index (χ4v) is 1.30. The molecule has 0 aromatic heterocycles. The predicted molar refractivity (Wildman–Crippen MR) is 77.8 cm³/mol. The highest BCUT2D eigenvalue weighted by atomic mass is 35.5. The Balaban J connectivity index is 0. The SMILES string of the molecule is CC.CCC.CCCc1ccc(Cl)c(Cl)c1. The molecule has 1 aromatic rings. The first kappa shape index (κ1) is 18.2. The third-order valence-corrected chi connectivity index (χ3v) is 2.26. The van der Waals surface area contributed by atoms with Crippen LogP contribution in [-0.2, 0) is 6.42 Å². The molecule has 0 N–H and O–H groups in total. The lowest BCUT2D eigenvalue weighted by molar-refractivity contribution is 0.922. The summed E-state index contributed by atoms with van der Waals surface area (Å²) in [5.74, 6) is 0. The lowest BCUT2D eigenvalue weighted by Crippen LogP contribution is -1.81. The first-order valence-corrected chi connectivity index (χ1v) is 6.85. The number of halogens is 2. The molecule has 0 saturated carbocycles. The Hall–Kier alpha value is -0.200. The maximum Gasteiger partial charge on any atom is 0.0595 e. The smallest absolute Gasteiger partial charge is 0.0595 e. The van der Waals surface area contributed by atoms with Crippen LogP contribution in [0.4, 0.5) is 0 Å². The van der Waals surface area contributed by atoms with Crippen LogP contribution in [0.5, 0.6) is 0 Å². The van der Waals surface area contributed by atoms with Crippen LogP contribution in [0.1, 0.15) is 53.0 Å². The van der Waals surface area contributed by atoms with Gasteiger partial charge in [0.05, 0.1) is 10.0 Å². The van der Waals surface area contributed by atoms with Gasteiger partial charge in [0, 0.05) is 0 Å². The van der Waals surface area contributed by atoms with E-state index in [0.717, 1.165) is 12.8 Å². The van der Waals surface area contributed by atoms with E-state index in [1.54, 1.807) is 0 Å². The van der Waals surface area contributed by atoms with Crippen LogP contribution in [0.25, 0.3) is 0 Å². The average molecular weight is 263 g/mol. The van der Waals surface area contributed by atoms with E-state index in [4.69, 9.17) is 23.2 Å². The summed E-state index contributed by atoms with van der Waals surface area (Å²) in [5, 5.41) is 1.28. The molecule has 0 heterocycles. The van der Waals surface area contributed by atoms with Gasteiger partial charge in [-0.1, -0.05) is 76.7 Å². The Morgan fingerprint density at radius 2 is 1.44 bits per heavy atom. The molecule has 0 atom stereocenters. The summed E-state index contributed by atoms with van der Waals surface area (Å²) in [5.41, 5.74) is 1.25. The molecule has 0 nitrogen and oxygen atoms in total. The lowest BCUT2D eigenvalue weighted by atomic mass is 10.1. The first-order chi connectivity index (χ1) is 7.65. The topological polar surface area (TPSA) is 0 Å². The molecule has 0 amide bonds. The van der Waals surface area contributed by atoms with Crippen molar-refractivity contribution >= 4 is 23.2 Å². The first-order valence-electron chi connectivity index (χ1n) is 6.09. The van der Waals surface area contributed by atoms with E-state index in [-0.39, 0.29) is 0 Å². The molecule has 0 unspecified atom stereocenters. The van der Waals surface area contributed by atoms with E-state index in [2.05, 4.69) is 20.8 Å². The zero-order valence-electron chi connectivity index (χ0n) is 11.1. The van der Waals surface area contributed by atoms with E-state index in [1.165, 1.54) is 12.0 Å². The van der Waals surface area contributed by atoms with Crippen LogP contribution >= 0.6 is 23.2 Å². The van der Waals surface area contributed by atoms with Gasteiger partial charge in [0.25, 0.3) is 0 Å². The Kier molecular flexibility index (Phi) is 14.6. The van der Waals surface area contributed by atoms with Gasteiger partial charge in [0.1, 0.15) is 0 Å². The highest BCUT2D eigenvalue weighted by Crippen LogP contribution is 2.22. The monoisotopic (exact) mass is 262 g/mol. The molecule has 16 heavy (non-hydrogen) atoms. The Labute approximate surface area is 111 Å². The van der Waals surface area contributed by atoms with Gasteiger partial charge in [-0.3, -0.25) is 0 Å². The molecular weight excluding hydrogens is 239 g/mol. The van der Waals surface area contributed by atoms with Crippen molar-refractivity contribution in [3.05, 3.63) is 33.8 Å². The summed E-state index contributed by atoms with van der Waals surface area (Å²) in [7, 11) is 0. The summed E-state index contributed by atoms with van der Waals surface area (Å²) < 4.78 is 0. The van der Waals surface area contributed by atoms with Crippen LogP contribution in [0.3, 0.4) is 0 Å².